The summed E-state index contributed by atoms with van der Waals surface area (Å²) in [6.45, 7) is 0.597. The van der Waals surface area contributed by atoms with Crippen molar-refractivity contribution in [1.82, 2.24) is 14.7 Å². The largest absolute Gasteiger partial charge is 0.489 e. The summed E-state index contributed by atoms with van der Waals surface area (Å²) in [5.74, 6) is 0.209. The second-order valence-electron chi connectivity index (χ2n) is 7.70. The lowest BCUT2D eigenvalue weighted by molar-refractivity contribution is 0.0472. The van der Waals surface area contributed by atoms with E-state index in [1.54, 1.807) is 47.3 Å². The predicted molar refractivity (Wildman–Crippen MR) is 122 cm³/mol. The van der Waals surface area contributed by atoms with Gasteiger partial charge in [0.2, 0.25) is 0 Å². The normalized spacial score (nSPS) is 15.2. The summed E-state index contributed by atoms with van der Waals surface area (Å²) in [6.07, 6.45) is 5.52. The minimum atomic E-state index is -0.282. The van der Waals surface area contributed by atoms with Crippen LogP contribution in [0.4, 0.5) is 4.39 Å². The molecule has 1 amide bonds. The van der Waals surface area contributed by atoms with Crippen LogP contribution in [0.3, 0.4) is 0 Å². The van der Waals surface area contributed by atoms with Gasteiger partial charge in [-0.15, -0.1) is 0 Å². The highest BCUT2D eigenvalue weighted by Gasteiger charge is 2.23. The van der Waals surface area contributed by atoms with Crippen LogP contribution in [0.5, 0.6) is 5.75 Å². The maximum Gasteiger partial charge on any atom is 0.253 e. The number of nitrogens with one attached hydrogen (secondary N) is 1. The Morgan fingerprint density at radius 3 is 2.88 bits per heavy atom. The van der Waals surface area contributed by atoms with E-state index < -0.39 is 0 Å². The number of para-hydroxylation sites is 1. The number of hydrogen-bond acceptors (Lipinski definition) is 5. The number of carbonyl (C=O) groups is 1. The number of pyridine rings is 1. The molecule has 1 atom stereocenters. The number of fused-ring (bicyclic) bond motifs is 1. The van der Waals surface area contributed by atoms with Gasteiger partial charge in [0.05, 0.1) is 17.8 Å². The van der Waals surface area contributed by atoms with Crippen LogP contribution in [0.25, 0.3) is 16.8 Å². The molecule has 4 aromatic rings. The highest BCUT2D eigenvalue weighted by molar-refractivity contribution is 5.98. The highest BCUT2D eigenvalue weighted by Crippen LogP contribution is 2.30. The molecule has 0 radical (unpaired) electrons. The van der Waals surface area contributed by atoms with Crippen molar-refractivity contribution in [2.75, 3.05) is 13.2 Å². The Morgan fingerprint density at radius 2 is 2.00 bits per heavy atom. The van der Waals surface area contributed by atoms with Gasteiger partial charge in [0, 0.05) is 30.6 Å². The Labute approximate surface area is 189 Å². The second kappa shape index (κ2) is 9.12. The molecule has 1 N–H and O–H groups in total. The number of amides is 1. The van der Waals surface area contributed by atoms with E-state index in [1.165, 1.54) is 12.1 Å². The summed E-state index contributed by atoms with van der Waals surface area (Å²) in [6, 6.07) is 17.4. The average Bonchev–Trinajstić information content (AvgIpc) is 3.51. The molecule has 2 aromatic carbocycles. The molecule has 0 fully saturated rings. The van der Waals surface area contributed by atoms with Crippen LogP contribution in [0, 0.1) is 5.82 Å². The molecule has 166 valence electrons. The molecule has 1 unspecified atom stereocenters. The van der Waals surface area contributed by atoms with Crippen LogP contribution in [-0.4, -0.2) is 40.3 Å². The average molecular weight is 444 g/mol. The van der Waals surface area contributed by atoms with Gasteiger partial charge < -0.3 is 19.3 Å². The van der Waals surface area contributed by atoms with E-state index in [-0.39, 0.29) is 17.8 Å². The first-order valence-electron chi connectivity index (χ1n) is 10.6. The van der Waals surface area contributed by atoms with E-state index in [0.717, 1.165) is 22.5 Å². The minimum Gasteiger partial charge on any atom is -0.489 e. The van der Waals surface area contributed by atoms with Gasteiger partial charge in [-0.2, -0.15) is 0 Å². The van der Waals surface area contributed by atoms with Gasteiger partial charge in [-0.05, 0) is 35.9 Å². The Bertz CT molecular complexity index is 1320. The monoisotopic (exact) mass is 444 g/mol. The number of aromatic nitrogens is 2. The SMILES string of the molecule is O=C(NCC1=NOC(COc2ccccc2-c2ccc(F)cc2)C1)c1ccc2nccn2c1. The second-order valence-corrected chi connectivity index (χ2v) is 7.70. The van der Waals surface area contributed by atoms with Crippen molar-refractivity contribution in [3.05, 3.63) is 90.6 Å². The van der Waals surface area contributed by atoms with E-state index in [9.17, 15) is 9.18 Å². The van der Waals surface area contributed by atoms with E-state index in [4.69, 9.17) is 9.57 Å². The van der Waals surface area contributed by atoms with Crippen LogP contribution in [0.2, 0.25) is 0 Å². The first-order valence-corrected chi connectivity index (χ1v) is 10.6. The summed E-state index contributed by atoms with van der Waals surface area (Å²) in [4.78, 5) is 22.1. The van der Waals surface area contributed by atoms with Crippen molar-refractivity contribution in [1.29, 1.82) is 0 Å². The van der Waals surface area contributed by atoms with Crippen LogP contribution in [0.15, 0.2) is 84.4 Å². The summed E-state index contributed by atoms with van der Waals surface area (Å²) < 4.78 is 21.0. The summed E-state index contributed by atoms with van der Waals surface area (Å²) in [5, 5.41) is 6.96. The third-order valence-corrected chi connectivity index (χ3v) is 5.37. The number of ether oxygens (including phenoxy) is 1. The molecule has 0 spiro atoms. The lowest BCUT2D eigenvalue weighted by Crippen LogP contribution is -2.30. The highest BCUT2D eigenvalue weighted by atomic mass is 19.1. The number of nitrogens with zero attached hydrogens (tertiary/aromatic N) is 3. The fraction of sp³-hybridized carbons (Fsp3) is 0.160. The molecule has 33 heavy (non-hydrogen) atoms. The van der Waals surface area contributed by atoms with Crippen molar-refractivity contribution in [2.24, 2.45) is 5.16 Å². The Kier molecular flexibility index (Phi) is 5.72. The number of hydrogen-bond donors (Lipinski definition) is 1. The molecule has 5 rings (SSSR count). The lowest BCUT2D eigenvalue weighted by atomic mass is 10.0. The van der Waals surface area contributed by atoms with Crippen LogP contribution >= 0.6 is 0 Å². The number of rotatable bonds is 7. The summed E-state index contributed by atoms with van der Waals surface area (Å²) in [7, 11) is 0. The van der Waals surface area contributed by atoms with Crippen molar-refractivity contribution in [3.63, 3.8) is 0 Å². The third kappa shape index (κ3) is 4.69. The summed E-state index contributed by atoms with van der Waals surface area (Å²) in [5.41, 5.74) is 3.81. The number of carbonyl (C=O) groups excluding carboxylic acids is 1. The maximum atomic E-state index is 13.3. The molecular formula is C25H21FN4O3. The van der Waals surface area contributed by atoms with Crippen LogP contribution in [0.1, 0.15) is 16.8 Å². The predicted octanol–water partition coefficient (Wildman–Crippen LogP) is 4.09. The molecule has 0 aliphatic carbocycles. The van der Waals surface area contributed by atoms with E-state index in [0.29, 0.717) is 30.9 Å². The Hall–Kier alpha value is -4.20. The Morgan fingerprint density at radius 1 is 1.15 bits per heavy atom. The van der Waals surface area contributed by atoms with E-state index in [2.05, 4.69) is 15.5 Å². The zero-order chi connectivity index (χ0) is 22.6. The van der Waals surface area contributed by atoms with Gasteiger partial charge >= 0.3 is 0 Å². The van der Waals surface area contributed by atoms with Crippen molar-refractivity contribution in [3.8, 4) is 16.9 Å². The standard InChI is InChI=1S/C25H21FN4O3/c26-19-8-5-17(6-9-19)22-3-1-2-4-23(22)32-16-21-13-20(29-33-21)14-28-25(31)18-7-10-24-27-11-12-30(24)15-18/h1-12,15,21H,13-14,16H2,(H,28,31). The third-order valence-electron chi connectivity index (χ3n) is 5.37. The smallest absolute Gasteiger partial charge is 0.253 e. The van der Waals surface area contributed by atoms with Crippen LogP contribution < -0.4 is 10.1 Å². The molecular weight excluding hydrogens is 423 g/mol. The minimum absolute atomic E-state index is 0.193. The van der Waals surface area contributed by atoms with Gasteiger partial charge in [0.1, 0.15) is 23.8 Å². The zero-order valence-corrected chi connectivity index (χ0v) is 17.6. The number of oxime groups is 1. The number of halogens is 1. The first kappa shape index (κ1) is 20.7. The van der Waals surface area contributed by atoms with E-state index in [1.807, 2.05) is 24.3 Å². The molecule has 8 heteroatoms. The fourth-order valence-corrected chi connectivity index (χ4v) is 3.66. The molecule has 1 aliphatic rings. The zero-order valence-electron chi connectivity index (χ0n) is 17.6. The topological polar surface area (TPSA) is 77.2 Å². The first-order chi connectivity index (χ1) is 16.2. The quantitative estimate of drug-likeness (QED) is 0.466. The number of imidazole rings is 1. The molecule has 2 aromatic heterocycles. The molecule has 0 saturated heterocycles. The van der Waals surface area contributed by atoms with Crippen molar-refractivity contribution in [2.45, 2.75) is 12.5 Å². The van der Waals surface area contributed by atoms with Gasteiger partial charge in [-0.3, -0.25) is 4.79 Å². The summed E-state index contributed by atoms with van der Waals surface area (Å²) >= 11 is 0. The number of benzene rings is 2. The van der Waals surface area contributed by atoms with Crippen LogP contribution in [-0.2, 0) is 4.84 Å². The van der Waals surface area contributed by atoms with Gasteiger partial charge in [-0.1, -0.05) is 35.5 Å². The fourth-order valence-electron chi connectivity index (χ4n) is 3.66. The molecule has 1 aliphatic heterocycles. The Balaban J connectivity index is 1.14. The van der Waals surface area contributed by atoms with Gasteiger partial charge in [0.25, 0.3) is 5.91 Å². The molecule has 0 bridgehead atoms. The molecule has 0 saturated carbocycles. The maximum absolute atomic E-state index is 13.3. The van der Waals surface area contributed by atoms with Gasteiger partial charge in [0.15, 0.2) is 6.10 Å². The van der Waals surface area contributed by atoms with Crippen molar-refractivity contribution >= 4 is 17.3 Å². The van der Waals surface area contributed by atoms with Gasteiger partial charge in [-0.25, -0.2) is 9.37 Å². The molecule has 3 heterocycles. The van der Waals surface area contributed by atoms with E-state index >= 15 is 0 Å². The lowest BCUT2D eigenvalue weighted by Gasteiger charge is -2.14. The molecule has 7 nitrogen and oxygen atoms in total. The van der Waals surface area contributed by atoms with Crippen molar-refractivity contribution < 1.29 is 18.8 Å².